The van der Waals surface area contributed by atoms with Crippen LogP contribution in [0.3, 0.4) is 0 Å². The summed E-state index contributed by atoms with van der Waals surface area (Å²) in [6.07, 6.45) is 3.92. The van der Waals surface area contributed by atoms with Crippen LogP contribution in [0.25, 0.3) is 0 Å². The number of nitrogens with zero attached hydrogens (tertiary/aromatic N) is 3. The van der Waals surface area contributed by atoms with Crippen molar-refractivity contribution in [3.05, 3.63) is 30.1 Å². The summed E-state index contributed by atoms with van der Waals surface area (Å²) in [5.74, 6) is 0.101. The van der Waals surface area contributed by atoms with Gasteiger partial charge in [-0.25, -0.2) is 5.06 Å². The summed E-state index contributed by atoms with van der Waals surface area (Å²) in [7, 11) is 3.05. The molecule has 118 valence electrons. The van der Waals surface area contributed by atoms with Crippen molar-refractivity contribution in [2.45, 2.75) is 37.8 Å². The summed E-state index contributed by atoms with van der Waals surface area (Å²) >= 11 is 0. The predicted molar refractivity (Wildman–Crippen MR) is 79.7 cm³/mol. The van der Waals surface area contributed by atoms with Gasteiger partial charge in [0.2, 0.25) is 0 Å². The normalized spacial score (nSPS) is 29.7. The monoisotopic (exact) mass is 303 g/mol. The summed E-state index contributed by atoms with van der Waals surface area (Å²) in [6.45, 7) is 2.13. The van der Waals surface area contributed by atoms with Gasteiger partial charge >= 0.3 is 0 Å². The number of piperidine rings is 1. The average molecular weight is 303 g/mol. The second kappa shape index (κ2) is 5.35. The molecule has 0 spiro atoms. The first-order chi connectivity index (χ1) is 10.5. The first kappa shape index (κ1) is 15.0. The number of amides is 2. The Hall–Kier alpha value is -1.95. The molecule has 1 saturated carbocycles. The Morgan fingerprint density at radius 1 is 1.41 bits per heavy atom. The van der Waals surface area contributed by atoms with Crippen LogP contribution < -0.4 is 0 Å². The minimum Gasteiger partial charge on any atom is -0.319 e. The minimum absolute atomic E-state index is 0.118. The molecule has 1 aromatic heterocycles. The van der Waals surface area contributed by atoms with E-state index in [0.29, 0.717) is 24.5 Å². The maximum absolute atomic E-state index is 12.8. The number of hydroxylamine groups is 2. The van der Waals surface area contributed by atoms with Gasteiger partial charge in [0, 0.05) is 25.7 Å². The summed E-state index contributed by atoms with van der Waals surface area (Å²) < 4.78 is 0. The van der Waals surface area contributed by atoms with Crippen LogP contribution >= 0.6 is 0 Å². The number of carbonyl (C=O) groups is 2. The molecule has 2 amide bonds. The molecule has 0 N–H and O–H groups in total. The molecule has 6 nitrogen and oxygen atoms in total. The molecular formula is C16H21N3O3. The van der Waals surface area contributed by atoms with E-state index in [2.05, 4.69) is 11.9 Å². The Morgan fingerprint density at radius 2 is 2.18 bits per heavy atom. The predicted octanol–water partition coefficient (Wildman–Crippen LogP) is 1.48. The fourth-order valence-corrected chi connectivity index (χ4v) is 3.94. The molecule has 1 saturated heterocycles. The van der Waals surface area contributed by atoms with Gasteiger partial charge in [0.25, 0.3) is 11.8 Å². The lowest BCUT2D eigenvalue weighted by Crippen LogP contribution is -2.76. The van der Waals surface area contributed by atoms with E-state index in [0.717, 1.165) is 6.42 Å². The van der Waals surface area contributed by atoms with Crippen molar-refractivity contribution in [3.63, 3.8) is 0 Å². The highest BCUT2D eigenvalue weighted by Gasteiger charge is 2.63. The highest BCUT2D eigenvalue weighted by molar-refractivity contribution is 6.00. The Labute approximate surface area is 130 Å². The lowest BCUT2D eigenvalue weighted by molar-refractivity contribution is -0.200. The van der Waals surface area contributed by atoms with Crippen LogP contribution in [-0.2, 0) is 9.63 Å². The van der Waals surface area contributed by atoms with E-state index >= 15 is 0 Å². The van der Waals surface area contributed by atoms with Gasteiger partial charge in [0.05, 0.1) is 7.11 Å². The van der Waals surface area contributed by atoms with Crippen molar-refractivity contribution in [1.82, 2.24) is 14.9 Å². The number of likely N-dealkylation sites (N-methyl/N-ethyl adjacent to an activating group) is 1. The topological polar surface area (TPSA) is 62.7 Å². The van der Waals surface area contributed by atoms with E-state index in [-0.39, 0.29) is 17.9 Å². The molecule has 2 bridgehead atoms. The number of hydrogen-bond donors (Lipinski definition) is 0. The summed E-state index contributed by atoms with van der Waals surface area (Å²) in [4.78, 5) is 36.5. The van der Waals surface area contributed by atoms with Crippen LogP contribution in [-0.4, -0.2) is 52.5 Å². The van der Waals surface area contributed by atoms with Crippen LogP contribution in [0.4, 0.5) is 0 Å². The van der Waals surface area contributed by atoms with Crippen LogP contribution in [0.1, 0.15) is 36.7 Å². The number of carbonyl (C=O) groups excluding carboxylic acids is 2. The van der Waals surface area contributed by atoms with Gasteiger partial charge in [0.1, 0.15) is 11.2 Å². The molecule has 1 aromatic rings. The van der Waals surface area contributed by atoms with Crippen molar-refractivity contribution in [1.29, 1.82) is 0 Å². The van der Waals surface area contributed by atoms with Crippen molar-refractivity contribution in [3.8, 4) is 0 Å². The van der Waals surface area contributed by atoms with Crippen molar-refractivity contribution >= 4 is 11.8 Å². The third-order valence-corrected chi connectivity index (χ3v) is 4.82. The zero-order valence-corrected chi connectivity index (χ0v) is 13.2. The maximum Gasteiger partial charge on any atom is 0.273 e. The number of hydrogen-bond acceptors (Lipinski definition) is 4. The zero-order chi connectivity index (χ0) is 15.9. The highest BCUT2D eigenvalue weighted by Crippen LogP contribution is 2.51. The van der Waals surface area contributed by atoms with Gasteiger partial charge in [-0.3, -0.25) is 19.4 Å². The van der Waals surface area contributed by atoms with Crippen LogP contribution in [0, 0.1) is 5.92 Å². The van der Waals surface area contributed by atoms with E-state index in [9.17, 15) is 9.59 Å². The van der Waals surface area contributed by atoms with Crippen LogP contribution in [0.2, 0.25) is 0 Å². The Balaban J connectivity index is 1.93. The lowest BCUT2D eigenvalue weighted by Gasteiger charge is -2.62. The molecular weight excluding hydrogens is 282 g/mol. The second-order valence-electron chi connectivity index (χ2n) is 6.31. The van der Waals surface area contributed by atoms with Crippen molar-refractivity contribution in [2.24, 2.45) is 5.92 Å². The average Bonchev–Trinajstić information content (AvgIpc) is 2.53. The Morgan fingerprint density at radius 3 is 2.82 bits per heavy atom. The summed E-state index contributed by atoms with van der Waals surface area (Å²) in [6, 6.07) is 5.37. The van der Waals surface area contributed by atoms with Gasteiger partial charge < -0.3 is 4.90 Å². The molecule has 2 unspecified atom stereocenters. The number of pyridine rings is 1. The standard InChI is InChI=1S/C16H21N3O3/c1-11-8-12-10-16(9-11,15(21)18(2)22-3)19(12)14(20)13-6-4-5-7-17-13/h4-7,11-12H,8-10H2,1-3H3/t11-,12?,16?/m1/s1. The number of fused-ring (bicyclic) bond motifs is 2. The van der Waals surface area contributed by atoms with E-state index in [1.807, 2.05) is 0 Å². The van der Waals surface area contributed by atoms with Crippen molar-refractivity contribution in [2.75, 3.05) is 14.2 Å². The number of rotatable bonds is 3. The molecule has 2 heterocycles. The van der Waals surface area contributed by atoms with Gasteiger partial charge in [-0.05, 0) is 30.9 Å². The van der Waals surface area contributed by atoms with E-state index < -0.39 is 5.54 Å². The van der Waals surface area contributed by atoms with E-state index in [1.165, 1.54) is 12.2 Å². The van der Waals surface area contributed by atoms with Crippen molar-refractivity contribution < 1.29 is 14.4 Å². The van der Waals surface area contributed by atoms with Gasteiger partial charge in [-0.1, -0.05) is 13.0 Å². The van der Waals surface area contributed by atoms with Gasteiger partial charge in [-0.2, -0.15) is 0 Å². The third-order valence-electron chi connectivity index (χ3n) is 4.82. The quantitative estimate of drug-likeness (QED) is 0.794. The number of likely N-dealkylation sites (tertiary alicyclic amines) is 1. The van der Waals surface area contributed by atoms with Crippen LogP contribution in [0.5, 0.6) is 0 Å². The molecule has 22 heavy (non-hydrogen) atoms. The molecule has 0 radical (unpaired) electrons. The fraction of sp³-hybridized carbons (Fsp3) is 0.562. The largest absolute Gasteiger partial charge is 0.319 e. The first-order valence-corrected chi connectivity index (χ1v) is 7.56. The molecule has 1 aliphatic heterocycles. The van der Waals surface area contributed by atoms with Crippen LogP contribution in [0.15, 0.2) is 24.4 Å². The van der Waals surface area contributed by atoms with Gasteiger partial charge in [-0.15, -0.1) is 0 Å². The van der Waals surface area contributed by atoms with E-state index in [4.69, 9.17) is 4.84 Å². The Kier molecular flexibility index (Phi) is 3.64. The summed E-state index contributed by atoms with van der Waals surface area (Å²) in [5, 5.41) is 1.23. The number of aromatic nitrogens is 1. The first-order valence-electron chi connectivity index (χ1n) is 7.56. The molecule has 2 aliphatic rings. The molecule has 2 fully saturated rings. The molecule has 1 aliphatic carbocycles. The van der Waals surface area contributed by atoms with Gasteiger partial charge in [0.15, 0.2) is 0 Å². The molecule has 3 atom stereocenters. The smallest absolute Gasteiger partial charge is 0.273 e. The molecule has 6 heteroatoms. The molecule has 3 rings (SSSR count). The Bertz CT molecular complexity index is 592. The van der Waals surface area contributed by atoms with E-state index in [1.54, 1.807) is 36.3 Å². The third kappa shape index (κ3) is 2.09. The minimum atomic E-state index is -0.776. The second-order valence-corrected chi connectivity index (χ2v) is 6.31. The maximum atomic E-state index is 12.8. The summed E-state index contributed by atoms with van der Waals surface area (Å²) in [5.41, 5.74) is -0.388. The highest BCUT2D eigenvalue weighted by atomic mass is 16.7. The fourth-order valence-electron chi connectivity index (χ4n) is 3.94. The lowest BCUT2D eigenvalue weighted by atomic mass is 9.63. The SMILES string of the molecule is CON(C)C(=O)C12CC(C[C@@H](C)C1)N2C(=O)c1ccccn1. The zero-order valence-electron chi connectivity index (χ0n) is 13.2. The molecule has 0 aromatic carbocycles.